The number of aliphatic imine (C=N–C) groups is 1. The fourth-order valence-corrected chi connectivity index (χ4v) is 1.28. The van der Waals surface area contributed by atoms with Crippen LogP contribution in [0.15, 0.2) is 22.5 Å². The van der Waals surface area contributed by atoms with Crippen LogP contribution in [0.2, 0.25) is 0 Å². The predicted octanol–water partition coefficient (Wildman–Crippen LogP) is 1.66. The number of rotatable bonds is 2. The Morgan fingerprint density at radius 1 is 1.67 bits per heavy atom. The standard InChI is InChI=1S/C8H11N3S/c1-11(2)6-10-8(9)7-4-3-5-12-7/h3-6,9H,1-2H3. The highest BCUT2D eigenvalue weighted by Gasteiger charge is 1.97. The quantitative estimate of drug-likeness (QED) is 0.547. The summed E-state index contributed by atoms with van der Waals surface area (Å²) in [7, 11) is 3.76. The first-order valence-electron chi connectivity index (χ1n) is 3.53. The molecule has 0 aromatic carbocycles. The van der Waals surface area contributed by atoms with Gasteiger partial charge in [0.05, 0.1) is 11.2 Å². The van der Waals surface area contributed by atoms with Gasteiger partial charge in [-0.2, -0.15) is 0 Å². The van der Waals surface area contributed by atoms with Gasteiger partial charge in [0.1, 0.15) is 0 Å². The van der Waals surface area contributed by atoms with Gasteiger partial charge < -0.3 is 4.90 Å². The molecular weight excluding hydrogens is 170 g/mol. The molecule has 0 unspecified atom stereocenters. The van der Waals surface area contributed by atoms with Crippen molar-refractivity contribution >= 4 is 23.5 Å². The predicted molar refractivity (Wildman–Crippen MR) is 53.3 cm³/mol. The summed E-state index contributed by atoms with van der Waals surface area (Å²) in [4.78, 5) is 6.66. The summed E-state index contributed by atoms with van der Waals surface area (Å²) in [5.74, 6) is 0.318. The van der Waals surface area contributed by atoms with E-state index < -0.39 is 0 Å². The van der Waals surface area contributed by atoms with E-state index in [9.17, 15) is 0 Å². The van der Waals surface area contributed by atoms with Crippen molar-refractivity contribution in [2.75, 3.05) is 14.1 Å². The van der Waals surface area contributed by atoms with Crippen molar-refractivity contribution < 1.29 is 0 Å². The Bertz CT molecular complexity index is 275. The fraction of sp³-hybridized carbons (Fsp3) is 0.250. The molecule has 3 nitrogen and oxygen atoms in total. The molecule has 1 aromatic heterocycles. The van der Waals surface area contributed by atoms with E-state index in [1.807, 2.05) is 36.5 Å². The average Bonchev–Trinajstić information content (AvgIpc) is 2.51. The van der Waals surface area contributed by atoms with E-state index in [1.165, 1.54) is 11.3 Å². The molecule has 1 N–H and O–H groups in total. The third-order valence-electron chi connectivity index (χ3n) is 1.17. The number of thiophene rings is 1. The number of hydrogen-bond acceptors (Lipinski definition) is 2. The van der Waals surface area contributed by atoms with E-state index in [1.54, 1.807) is 6.34 Å². The van der Waals surface area contributed by atoms with Crippen molar-refractivity contribution in [2.45, 2.75) is 0 Å². The molecule has 64 valence electrons. The Morgan fingerprint density at radius 2 is 2.42 bits per heavy atom. The highest BCUT2D eigenvalue weighted by Crippen LogP contribution is 2.09. The summed E-state index contributed by atoms with van der Waals surface area (Å²) < 4.78 is 0. The van der Waals surface area contributed by atoms with E-state index in [4.69, 9.17) is 5.41 Å². The van der Waals surface area contributed by atoms with Crippen molar-refractivity contribution in [3.63, 3.8) is 0 Å². The Hall–Kier alpha value is -1.16. The molecule has 1 aromatic rings. The zero-order valence-electron chi connectivity index (χ0n) is 7.11. The minimum atomic E-state index is 0.318. The molecule has 0 atom stereocenters. The SMILES string of the molecule is CN(C)C=NC(=N)c1cccs1. The third kappa shape index (κ3) is 2.47. The molecule has 4 heteroatoms. The molecule has 12 heavy (non-hydrogen) atoms. The van der Waals surface area contributed by atoms with Crippen LogP contribution in [0.25, 0.3) is 0 Å². The highest BCUT2D eigenvalue weighted by molar-refractivity contribution is 7.12. The molecular formula is C8H11N3S. The molecule has 0 bridgehead atoms. The molecule has 0 aliphatic carbocycles. The second-order valence-corrected chi connectivity index (χ2v) is 3.48. The van der Waals surface area contributed by atoms with Gasteiger partial charge in [0.15, 0.2) is 5.84 Å². The summed E-state index contributed by atoms with van der Waals surface area (Å²) in [6.45, 7) is 0. The Balaban J connectivity index is 2.62. The van der Waals surface area contributed by atoms with Crippen LogP contribution in [-0.2, 0) is 0 Å². The summed E-state index contributed by atoms with van der Waals surface area (Å²) in [6, 6.07) is 3.81. The maximum atomic E-state index is 7.53. The van der Waals surface area contributed by atoms with Gasteiger partial charge >= 0.3 is 0 Å². The van der Waals surface area contributed by atoms with Crippen molar-refractivity contribution in [1.29, 1.82) is 5.41 Å². The molecule has 0 radical (unpaired) electrons. The molecule has 1 heterocycles. The molecule has 0 amide bonds. The van der Waals surface area contributed by atoms with Crippen LogP contribution in [0.5, 0.6) is 0 Å². The number of amidine groups is 1. The second kappa shape index (κ2) is 4.01. The first-order valence-corrected chi connectivity index (χ1v) is 4.41. The number of hydrogen-bond donors (Lipinski definition) is 1. The fourth-order valence-electron chi connectivity index (χ4n) is 0.650. The van der Waals surface area contributed by atoms with Crippen LogP contribution >= 0.6 is 11.3 Å². The lowest BCUT2D eigenvalue weighted by Crippen LogP contribution is -2.09. The molecule has 0 saturated heterocycles. The number of nitrogens with zero attached hydrogens (tertiary/aromatic N) is 2. The van der Waals surface area contributed by atoms with E-state index in [0.29, 0.717) is 5.84 Å². The Labute approximate surface area is 75.9 Å². The number of nitrogens with one attached hydrogen (secondary N) is 1. The smallest absolute Gasteiger partial charge is 0.163 e. The lowest BCUT2D eigenvalue weighted by atomic mass is 10.4. The van der Waals surface area contributed by atoms with E-state index >= 15 is 0 Å². The van der Waals surface area contributed by atoms with Crippen molar-refractivity contribution in [3.05, 3.63) is 22.4 Å². The maximum Gasteiger partial charge on any atom is 0.163 e. The van der Waals surface area contributed by atoms with E-state index in [-0.39, 0.29) is 0 Å². The van der Waals surface area contributed by atoms with Crippen LogP contribution in [0.1, 0.15) is 4.88 Å². The van der Waals surface area contributed by atoms with Gasteiger partial charge in [-0.1, -0.05) is 6.07 Å². The van der Waals surface area contributed by atoms with Crippen molar-refractivity contribution in [2.24, 2.45) is 4.99 Å². The third-order valence-corrected chi connectivity index (χ3v) is 2.05. The van der Waals surface area contributed by atoms with Gasteiger partial charge in [0.25, 0.3) is 0 Å². The van der Waals surface area contributed by atoms with Gasteiger partial charge in [-0.3, -0.25) is 5.41 Å². The second-order valence-electron chi connectivity index (χ2n) is 2.53. The summed E-state index contributed by atoms with van der Waals surface area (Å²) in [5, 5.41) is 9.47. The van der Waals surface area contributed by atoms with Crippen LogP contribution in [-0.4, -0.2) is 31.2 Å². The first-order chi connectivity index (χ1) is 5.70. The van der Waals surface area contributed by atoms with Crippen molar-refractivity contribution in [1.82, 2.24) is 4.90 Å². The van der Waals surface area contributed by atoms with Gasteiger partial charge in [-0.05, 0) is 11.4 Å². The first kappa shape index (κ1) is 8.93. The summed E-state index contributed by atoms with van der Waals surface area (Å²) in [5.41, 5.74) is 0. The highest BCUT2D eigenvalue weighted by atomic mass is 32.1. The molecule has 0 fully saturated rings. The topological polar surface area (TPSA) is 39.5 Å². The van der Waals surface area contributed by atoms with E-state index in [0.717, 1.165) is 4.88 Å². The lowest BCUT2D eigenvalue weighted by Gasteiger charge is -2.01. The summed E-state index contributed by atoms with van der Waals surface area (Å²) in [6.07, 6.45) is 1.63. The van der Waals surface area contributed by atoms with E-state index in [2.05, 4.69) is 4.99 Å². The molecule has 0 saturated carbocycles. The van der Waals surface area contributed by atoms with Crippen LogP contribution in [0.4, 0.5) is 0 Å². The van der Waals surface area contributed by atoms with Gasteiger partial charge in [0.2, 0.25) is 0 Å². The molecule has 0 spiro atoms. The average molecular weight is 181 g/mol. The van der Waals surface area contributed by atoms with Crippen molar-refractivity contribution in [3.8, 4) is 0 Å². The monoisotopic (exact) mass is 181 g/mol. The molecule has 0 aliphatic rings. The maximum absolute atomic E-state index is 7.53. The van der Waals surface area contributed by atoms with Gasteiger partial charge in [0, 0.05) is 14.1 Å². The van der Waals surface area contributed by atoms with Crippen LogP contribution in [0.3, 0.4) is 0 Å². The molecule has 0 aliphatic heterocycles. The van der Waals surface area contributed by atoms with Gasteiger partial charge in [-0.15, -0.1) is 11.3 Å². The zero-order valence-corrected chi connectivity index (χ0v) is 7.93. The normalized spacial score (nSPS) is 10.5. The summed E-state index contributed by atoms with van der Waals surface area (Å²) >= 11 is 1.53. The Morgan fingerprint density at radius 3 is 2.92 bits per heavy atom. The molecule has 1 rings (SSSR count). The minimum Gasteiger partial charge on any atom is -0.369 e. The largest absolute Gasteiger partial charge is 0.369 e. The van der Waals surface area contributed by atoms with Gasteiger partial charge in [-0.25, -0.2) is 4.99 Å². The lowest BCUT2D eigenvalue weighted by molar-refractivity contribution is 0.644. The minimum absolute atomic E-state index is 0.318. The van der Waals surface area contributed by atoms with Crippen LogP contribution < -0.4 is 0 Å². The zero-order chi connectivity index (χ0) is 8.97. The Kier molecular flexibility index (Phi) is 2.99. The van der Waals surface area contributed by atoms with Crippen LogP contribution in [0, 0.1) is 5.41 Å².